The Kier molecular flexibility index (Phi) is 5.48. The summed E-state index contributed by atoms with van der Waals surface area (Å²) in [7, 11) is 0. The lowest BCUT2D eigenvalue weighted by atomic mass is 10.2. The maximum Gasteiger partial charge on any atom is 0.416 e. The van der Waals surface area contributed by atoms with Crippen LogP contribution in [0.15, 0.2) is 48.5 Å². The fourth-order valence-electron chi connectivity index (χ4n) is 2.52. The van der Waals surface area contributed by atoms with E-state index in [2.05, 4.69) is 20.4 Å². The van der Waals surface area contributed by atoms with Gasteiger partial charge < -0.3 is 10.1 Å². The summed E-state index contributed by atoms with van der Waals surface area (Å²) in [6.07, 6.45) is -4.54. The van der Waals surface area contributed by atoms with E-state index in [-0.39, 0.29) is 17.1 Å². The summed E-state index contributed by atoms with van der Waals surface area (Å²) in [5, 5.41) is 9.94. The minimum absolute atomic E-state index is 0.0488. The van der Waals surface area contributed by atoms with Crippen LogP contribution in [0, 0.1) is 6.92 Å². The van der Waals surface area contributed by atoms with Crippen molar-refractivity contribution in [1.82, 2.24) is 15.0 Å². The Bertz CT molecular complexity index is 1020. The molecule has 0 saturated carbocycles. The SMILES string of the molecule is Cc1c(C(=O)Nc2cccc(C(F)(F)F)c2)nnn1-c1ccc(OC(F)F)cc1. The number of nitrogens with zero attached hydrogens (tertiary/aromatic N) is 3. The molecular formula is C18H13F5N4O2. The fourth-order valence-corrected chi connectivity index (χ4v) is 2.52. The molecule has 0 aliphatic carbocycles. The third kappa shape index (κ3) is 4.68. The van der Waals surface area contributed by atoms with Crippen LogP contribution in [0.4, 0.5) is 27.6 Å². The Labute approximate surface area is 160 Å². The van der Waals surface area contributed by atoms with Gasteiger partial charge in [-0.05, 0) is 49.4 Å². The van der Waals surface area contributed by atoms with E-state index < -0.39 is 24.3 Å². The fraction of sp³-hybridized carbons (Fsp3) is 0.167. The minimum Gasteiger partial charge on any atom is -0.435 e. The first-order valence-electron chi connectivity index (χ1n) is 8.11. The number of benzene rings is 2. The number of hydrogen-bond donors (Lipinski definition) is 1. The molecule has 0 saturated heterocycles. The molecule has 1 aromatic heterocycles. The van der Waals surface area contributed by atoms with Gasteiger partial charge in [-0.1, -0.05) is 11.3 Å². The van der Waals surface area contributed by atoms with Gasteiger partial charge in [-0.3, -0.25) is 4.79 Å². The number of rotatable bonds is 5. The second-order valence-corrected chi connectivity index (χ2v) is 5.84. The van der Waals surface area contributed by atoms with E-state index in [4.69, 9.17) is 0 Å². The van der Waals surface area contributed by atoms with Crippen molar-refractivity contribution in [3.63, 3.8) is 0 Å². The summed E-state index contributed by atoms with van der Waals surface area (Å²) >= 11 is 0. The lowest BCUT2D eigenvalue weighted by Crippen LogP contribution is -2.15. The largest absolute Gasteiger partial charge is 0.435 e. The summed E-state index contributed by atoms with van der Waals surface area (Å²) in [6.45, 7) is -1.43. The molecule has 0 aliphatic heterocycles. The third-order valence-corrected chi connectivity index (χ3v) is 3.86. The van der Waals surface area contributed by atoms with Gasteiger partial charge in [-0.15, -0.1) is 5.10 Å². The molecule has 0 fully saturated rings. The van der Waals surface area contributed by atoms with Crippen LogP contribution in [0.5, 0.6) is 5.75 Å². The summed E-state index contributed by atoms with van der Waals surface area (Å²) in [5.41, 5.74) is -0.323. The normalized spacial score (nSPS) is 11.6. The van der Waals surface area contributed by atoms with E-state index in [1.807, 2.05) is 0 Å². The van der Waals surface area contributed by atoms with Crippen LogP contribution in [0.25, 0.3) is 5.69 Å². The summed E-state index contributed by atoms with van der Waals surface area (Å²) in [4.78, 5) is 12.4. The number of hydrogen-bond acceptors (Lipinski definition) is 4. The number of carbonyl (C=O) groups excluding carboxylic acids is 1. The second-order valence-electron chi connectivity index (χ2n) is 5.84. The quantitative estimate of drug-likeness (QED) is 0.629. The topological polar surface area (TPSA) is 69.0 Å². The molecule has 152 valence electrons. The van der Waals surface area contributed by atoms with Gasteiger partial charge in [0, 0.05) is 5.69 Å². The van der Waals surface area contributed by atoms with Crippen molar-refractivity contribution < 1.29 is 31.5 Å². The highest BCUT2D eigenvalue weighted by molar-refractivity contribution is 6.03. The maximum absolute atomic E-state index is 12.8. The molecule has 0 bridgehead atoms. The Morgan fingerprint density at radius 1 is 1.14 bits per heavy atom. The number of carbonyl (C=O) groups is 1. The Morgan fingerprint density at radius 3 is 2.45 bits per heavy atom. The highest BCUT2D eigenvalue weighted by Gasteiger charge is 2.30. The number of aromatic nitrogens is 3. The van der Waals surface area contributed by atoms with E-state index in [0.29, 0.717) is 11.4 Å². The van der Waals surface area contributed by atoms with Crippen molar-refractivity contribution in [2.24, 2.45) is 0 Å². The van der Waals surface area contributed by atoms with Crippen LogP contribution in [0.2, 0.25) is 0 Å². The Hall–Kier alpha value is -3.50. The highest BCUT2D eigenvalue weighted by Crippen LogP contribution is 2.30. The van der Waals surface area contributed by atoms with Crippen LogP contribution < -0.4 is 10.1 Å². The molecule has 0 atom stereocenters. The van der Waals surface area contributed by atoms with Gasteiger partial charge in [0.1, 0.15) is 5.75 Å². The molecule has 0 unspecified atom stereocenters. The molecule has 6 nitrogen and oxygen atoms in total. The monoisotopic (exact) mass is 412 g/mol. The molecule has 3 aromatic rings. The summed E-state index contributed by atoms with van der Waals surface area (Å²) in [5.74, 6) is -0.797. The van der Waals surface area contributed by atoms with Gasteiger partial charge in [0.25, 0.3) is 5.91 Å². The zero-order valence-electron chi connectivity index (χ0n) is 14.7. The van der Waals surface area contributed by atoms with Crippen molar-refractivity contribution in [1.29, 1.82) is 0 Å². The summed E-state index contributed by atoms with van der Waals surface area (Å²) in [6, 6.07) is 9.65. The molecule has 2 aromatic carbocycles. The maximum atomic E-state index is 12.8. The molecule has 11 heteroatoms. The number of alkyl halides is 5. The van der Waals surface area contributed by atoms with Gasteiger partial charge in [0.15, 0.2) is 5.69 Å². The van der Waals surface area contributed by atoms with Gasteiger partial charge in [0.05, 0.1) is 16.9 Å². The van der Waals surface area contributed by atoms with Crippen molar-refractivity contribution in [2.45, 2.75) is 19.7 Å². The molecule has 0 aliphatic rings. The predicted octanol–water partition coefficient (Wildman–Crippen LogP) is 4.45. The third-order valence-electron chi connectivity index (χ3n) is 3.86. The van der Waals surface area contributed by atoms with Gasteiger partial charge >= 0.3 is 12.8 Å². The zero-order chi connectivity index (χ0) is 21.2. The number of nitrogens with one attached hydrogen (secondary N) is 1. The standard InChI is InChI=1S/C18H13F5N4O2/c1-10-15(16(28)24-12-4-2-3-11(9-12)18(21,22)23)25-26-27(10)13-5-7-14(8-6-13)29-17(19)20/h2-9,17H,1H3,(H,24,28). The highest BCUT2D eigenvalue weighted by atomic mass is 19.4. The summed E-state index contributed by atoms with van der Waals surface area (Å²) < 4.78 is 68.3. The zero-order valence-corrected chi connectivity index (χ0v) is 14.7. The smallest absolute Gasteiger partial charge is 0.416 e. The number of ether oxygens (including phenoxy) is 1. The van der Waals surface area contributed by atoms with Crippen LogP contribution in [0.1, 0.15) is 21.7 Å². The molecule has 0 radical (unpaired) electrons. The van der Waals surface area contributed by atoms with Gasteiger partial charge in [-0.25, -0.2) is 4.68 Å². The average Bonchev–Trinajstić information content (AvgIpc) is 3.03. The molecule has 3 rings (SSSR count). The van der Waals surface area contributed by atoms with E-state index >= 15 is 0 Å². The predicted molar refractivity (Wildman–Crippen MR) is 92.1 cm³/mol. The molecule has 1 amide bonds. The molecule has 0 spiro atoms. The molecule has 29 heavy (non-hydrogen) atoms. The van der Waals surface area contributed by atoms with E-state index in [1.165, 1.54) is 48.0 Å². The first-order chi connectivity index (χ1) is 13.6. The van der Waals surface area contributed by atoms with Crippen molar-refractivity contribution in [3.05, 3.63) is 65.5 Å². The van der Waals surface area contributed by atoms with E-state index in [1.54, 1.807) is 0 Å². The van der Waals surface area contributed by atoms with E-state index in [9.17, 15) is 26.7 Å². The van der Waals surface area contributed by atoms with Crippen molar-refractivity contribution in [2.75, 3.05) is 5.32 Å². The minimum atomic E-state index is -4.54. The number of amides is 1. The van der Waals surface area contributed by atoms with Crippen LogP contribution in [-0.2, 0) is 6.18 Å². The molecule has 1 heterocycles. The lowest BCUT2D eigenvalue weighted by Gasteiger charge is -2.09. The van der Waals surface area contributed by atoms with Gasteiger partial charge in [0.2, 0.25) is 0 Å². The lowest BCUT2D eigenvalue weighted by molar-refractivity contribution is -0.137. The Morgan fingerprint density at radius 2 is 1.83 bits per heavy atom. The van der Waals surface area contributed by atoms with Gasteiger partial charge in [-0.2, -0.15) is 22.0 Å². The number of halogens is 5. The molecular weight excluding hydrogens is 399 g/mol. The molecule has 1 N–H and O–H groups in total. The van der Waals surface area contributed by atoms with Crippen molar-refractivity contribution >= 4 is 11.6 Å². The first-order valence-corrected chi connectivity index (χ1v) is 8.11. The van der Waals surface area contributed by atoms with Crippen LogP contribution in [-0.4, -0.2) is 27.5 Å². The number of anilines is 1. The average molecular weight is 412 g/mol. The Balaban J connectivity index is 1.79. The van der Waals surface area contributed by atoms with Crippen LogP contribution in [0.3, 0.4) is 0 Å². The second kappa shape index (κ2) is 7.86. The van der Waals surface area contributed by atoms with Crippen molar-refractivity contribution in [3.8, 4) is 11.4 Å². The van der Waals surface area contributed by atoms with E-state index in [0.717, 1.165) is 12.1 Å². The first kappa shape index (κ1) is 20.2. The van der Waals surface area contributed by atoms with Crippen LogP contribution >= 0.6 is 0 Å².